The molecule has 2 N–H and O–H groups in total. The first kappa shape index (κ1) is 15.3. The summed E-state index contributed by atoms with van der Waals surface area (Å²) in [4.78, 5) is 16.6. The van der Waals surface area contributed by atoms with Crippen LogP contribution in [0.2, 0.25) is 0 Å². The smallest absolute Gasteiger partial charge is 0.270 e. The molecule has 0 aliphatic rings. The van der Waals surface area contributed by atoms with E-state index in [0.717, 1.165) is 0 Å². The number of hydrogen-bond acceptors (Lipinski definition) is 5. The number of ether oxygens (including phenoxy) is 2. The molecule has 0 radical (unpaired) electrons. The second-order valence-electron chi connectivity index (χ2n) is 4.41. The minimum absolute atomic E-state index is 0.0277. The van der Waals surface area contributed by atoms with Gasteiger partial charge in [0.1, 0.15) is 5.69 Å². The van der Waals surface area contributed by atoms with E-state index in [0.29, 0.717) is 35.9 Å². The minimum Gasteiger partial charge on any atom is -0.493 e. The molecule has 0 aliphatic heterocycles. The van der Waals surface area contributed by atoms with Gasteiger partial charge in [0, 0.05) is 12.7 Å². The number of carbonyl (C=O) groups excluding carboxylic acids is 1. The zero-order valence-electron chi connectivity index (χ0n) is 12.1. The summed E-state index contributed by atoms with van der Waals surface area (Å²) in [5.41, 5.74) is 1.72. The Hall–Kier alpha value is -2.12. The summed E-state index contributed by atoms with van der Waals surface area (Å²) >= 11 is 0. The molecule has 1 amide bonds. The molecule has 0 bridgehead atoms. The molecular weight excluding hydrogens is 274 g/mol. The predicted octanol–water partition coefficient (Wildman–Crippen LogP) is 0.390. The van der Waals surface area contributed by atoms with Crippen molar-refractivity contribution >= 4 is 11.6 Å². The first-order valence-corrected chi connectivity index (χ1v) is 6.67. The standard InChI is InChI=1S/C14H19N3O4/c1-10-12(14(19)15-5-8-21-9-7-18)17-6-3-4-11(20-2)13(17)16-10/h3-4,6,18H,5,7-9H2,1-2H3,(H,15,19). The minimum atomic E-state index is -0.221. The van der Waals surface area contributed by atoms with Gasteiger partial charge in [0.25, 0.3) is 5.91 Å². The third-order valence-electron chi connectivity index (χ3n) is 2.99. The summed E-state index contributed by atoms with van der Waals surface area (Å²) in [5, 5.41) is 11.4. The van der Waals surface area contributed by atoms with E-state index in [1.165, 1.54) is 0 Å². The van der Waals surface area contributed by atoms with E-state index in [-0.39, 0.29) is 19.1 Å². The zero-order valence-corrected chi connectivity index (χ0v) is 12.1. The number of fused-ring (bicyclic) bond motifs is 1. The molecule has 2 aromatic rings. The van der Waals surface area contributed by atoms with Crippen LogP contribution in [0.25, 0.3) is 5.65 Å². The maximum absolute atomic E-state index is 12.3. The number of imidazole rings is 1. The highest BCUT2D eigenvalue weighted by Gasteiger charge is 2.18. The van der Waals surface area contributed by atoms with Gasteiger partial charge in [-0.2, -0.15) is 0 Å². The van der Waals surface area contributed by atoms with Gasteiger partial charge < -0.3 is 19.9 Å². The van der Waals surface area contributed by atoms with Gasteiger partial charge in [0.2, 0.25) is 0 Å². The quantitative estimate of drug-likeness (QED) is 0.721. The summed E-state index contributed by atoms with van der Waals surface area (Å²) < 4.78 is 12.0. The number of methoxy groups -OCH3 is 1. The molecule has 0 spiro atoms. The average molecular weight is 293 g/mol. The first-order chi connectivity index (χ1) is 10.2. The van der Waals surface area contributed by atoms with E-state index in [1.54, 1.807) is 36.8 Å². The topological polar surface area (TPSA) is 85.1 Å². The van der Waals surface area contributed by atoms with E-state index >= 15 is 0 Å². The second kappa shape index (κ2) is 7.05. The van der Waals surface area contributed by atoms with Gasteiger partial charge in [-0.15, -0.1) is 0 Å². The fourth-order valence-electron chi connectivity index (χ4n) is 2.08. The van der Waals surface area contributed by atoms with Crippen molar-refractivity contribution in [1.29, 1.82) is 0 Å². The number of nitrogens with one attached hydrogen (secondary N) is 1. The SMILES string of the molecule is COc1cccn2c(C(=O)NCCOCCO)c(C)nc12. The number of aromatic nitrogens is 2. The van der Waals surface area contributed by atoms with Crippen LogP contribution in [-0.2, 0) is 4.74 Å². The Morgan fingerprint density at radius 2 is 2.29 bits per heavy atom. The van der Waals surface area contributed by atoms with Crippen LogP contribution in [0.1, 0.15) is 16.2 Å². The first-order valence-electron chi connectivity index (χ1n) is 6.67. The molecule has 21 heavy (non-hydrogen) atoms. The van der Waals surface area contributed by atoms with Crippen LogP contribution in [0.15, 0.2) is 18.3 Å². The number of aliphatic hydroxyl groups excluding tert-OH is 1. The normalized spacial score (nSPS) is 10.8. The van der Waals surface area contributed by atoms with Crippen molar-refractivity contribution in [2.24, 2.45) is 0 Å². The van der Waals surface area contributed by atoms with Crippen LogP contribution in [0.3, 0.4) is 0 Å². The van der Waals surface area contributed by atoms with Crippen LogP contribution >= 0.6 is 0 Å². The van der Waals surface area contributed by atoms with E-state index in [1.807, 2.05) is 0 Å². The molecule has 0 atom stereocenters. The summed E-state index contributed by atoms with van der Waals surface area (Å²) in [6, 6.07) is 3.60. The number of amides is 1. The number of pyridine rings is 1. The third-order valence-corrected chi connectivity index (χ3v) is 2.99. The molecule has 7 nitrogen and oxygen atoms in total. The predicted molar refractivity (Wildman–Crippen MR) is 76.7 cm³/mol. The van der Waals surface area contributed by atoms with Crippen molar-refractivity contribution in [2.45, 2.75) is 6.92 Å². The summed E-state index contributed by atoms with van der Waals surface area (Å²) in [6.07, 6.45) is 1.77. The van der Waals surface area contributed by atoms with Gasteiger partial charge in [-0.05, 0) is 19.1 Å². The maximum Gasteiger partial charge on any atom is 0.270 e. The lowest BCUT2D eigenvalue weighted by molar-refractivity contribution is 0.0834. The van der Waals surface area contributed by atoms with E-state index in [2.05, 4.69) is 10.3 Å². The molecule has 0 aliphatic carbocycles. The Bertz CT molecular complexity index is 624. The summed E-state index contributed by atoms with van der Waals surface area (Å²) in [5.74, 6) is 0.395. The van der Waals surface area contributed by atoms with Crippen molar-refractivity contribution in [3.8, 4) is 5.75 Å². The Morgan fingerprint density at radius 1 is 1.48 bits per heavy atom. The molecule has 0 saturated carbocycles. The third kappa shape index (κ3) is 3.32. The van der Waals surface area contributed by atoms with E-state index in [4.69, 9.17) is 14.6 Å². The number of nitrogens with zero attached hydrogens (tertiary/aromatic N) is 2. The fourth-order valence-corrected chi connectivity index (χ4v) is 2.08. The van der Waals surface area contributed by atoms with Crippen LogP contribution in [-0.4, -0.2) is 53.9 Å². The van der Waals surface area contributed by atoms with Crippen molar-refractivity contribution in [1.82, 2.24) is 14.7 Å². The van der Waals surface area contributed by atoms with Gasteiger partial charge in [0.05, 0.1) is 32.6 Å². The molecule has 0 aromatic carbocycles. The van der Waals surface area contributed by atoms with Crippen molar-refractivity contribution in [3.63, 3.8) is 0 Å². The van der Waals surface area contributed by atoms with Gasteiger partial charge >= 0.3 is 0 Å². The van der Waals surface area contributed by atoms with Gasteiger partial charge in [-0.3, -0.25) is 9.20 Å². The molecule has 0 fully saturated rings. The van der Waals surface area contributed by atoms with Crippen LogP contribution < -0.4 is 10.1 Å². The highest BCUT2D eigenvalue weighted by Crippen LogP contribution is 2.21. The fraction of sp³-hybridized carbons (Fsp3) is 0.429. The Morgan fingerprint density at radius 3 is 3.00 bits per heavy atom. The van der Waals surface area contributed by atoms with Crippen molar-refractivity contribution < 1.29 is 19.4 Å². The Labute approximate surface area is 122 Å². The Balaban J connectivity index is 2.14. The highest BCUT2D eigenvalue weighted by molar-refractivity contribution is 5.94. The monoisotopic (exact) mass is 293 g/mol. The van der Waals surface area contributed by atoms with E-state index < -0.39 is 0 Å². The lowest BCUT2D eigenvalue weighted by atomic mass is 10.3. The number of rotatable bonds is 7. The lowest BCUT2D eigenvalue weighted by Gasteiger charge is -2.07. The summed E-state index contributed by atoms with van der Waals surface area (Å²) in [6.45, 7) is 2.74. The van der Waals surface area contributed by atoms with Gasteiger partial charge in [0.15, 0.2) is 11.4 Å². The number of carbonyl (C=O) groups is 1. The zero-order chi connectivity index (χ0) is 15.2. The molecule has 0 unspecified atom stereocenters. The maximum atomic E-state index is 12.3. The Kier molecular flexibility index (Phi) is 5.13. The van der Waals surface area contributed by atoms with Crippen molar-refractivity contribution in [2.75, 3.05) is 33.5 Å². The van der Waals surface area contributed by atoms with Gasteiger partial charge in [-0.25, -0.2) is 4.98 Å². The highest BCUT2D eigenvalue weighted by atomic mass is 16.5. The second-order valence-corrected chi connectivity index (χ2v) is 4.41. The molecule has 0 saturated heterocycles. The van der Waals surface area contributed by atoms with Gasteiger partial charge in [-0.1, -0.05) is 0 Å². The molecule has 7 heteroatoms. The number of aryl methyl sites for hydroxylation is 1. The molecular formula is C14H19N3O4. The number of aliphatic hydroxyl groups is 1. The van der Waals surface area contributed by atoms with Crippen LogP contribution in [0.5, 0.6) is 5.75 Å². The molecule has 2 aromatic heterocycles. The van der Waals surface area contributed by atoms with E-state index in [9.17, 15) is 4.79 Å². The van der Waals surface area contributed by atoms with Crippen molar-refractivity contribution in [3.05, 3.63) is 29.7 Å². The van der Waals surface area contributed by atoms with Crippen LogP contribution in [0, 0.1) is 6.92 Å². The molecule has 2 heterocycles. The van der Waals surface area contributed by atoms with Crippen LogP contribution in [0.4, 0.5) is 0 Å². The molecule has 2 rings (SSSR count). The summed E-state index contributed by atoms with van der Waals surface area (Å²) in [7, 11) is 1.57. The molecule has 114 valence electrons. The average Bonchev–Trinajstić information content (AvgIpc) is 2.82. The number of hydrogen-bond donors (Lipinski definition) is 2. The lowest BCUT2D eigenvalue weighted by Crippen LogP contribution is -2.29. The largest absolute Gasteiger partial charge is 0.493 e.